The van der Waals surface area contributed by atoms with E-state index in [1.54, 1.807) is 0 Å². The minimum Gasteiger partial charge on any atom is -0.377 e. The molecule has 1 saturated heterocycles. The third-order valence-corrected chi connectivity index (χ3v) is 4.32. The summed E-state index contributed by atoms with van der Waals surface area (Å²) in [4.78, 5) is 3.89. The Bertz CT molecular complexity index is 310. The van der Waals surface area contributed by atoms with Gasteiger partial charge < -0.3 is 10.1 Å². The second-order valence-electron chi connectivity index (χ2n) is 4.77. The Balaban J connectivity index is 1.64. The molecule has 1 fully saturated rings. The maximum Gasteiger partial charge on any atom is 0.0600 e. The van der Waals surface area contributed by atoms with Crippen LogP contribution in [0.25, 0.3) is 0 Å². The highest BCUT2D eigenvalue weighted by Crippen LogP contribution is 2.12. The molecule has 1 aliphatic heterocycles. The molecule has 2 rings (SSSR count). The van der Waals surface area contributed by atoms with E-state index in [-0.39, 0.29) is 0 Å². The highest BCUT2D eigenvalue weighted by atomic mass is 32.1. The fraction of sp³-hybridized carbons (Fsp3) is 0.714. The van der Waals surface area contributed by atoms with E-state index in [9.17, 15) is 0 Å². The van der Waals surface area contributed by atoms with E-state index in [2.05, 4.69) is 34.7 Å². The Hall–Kier alpha value is -0.420. The molecule has 4 heteroatoms. The van der Waals surface area contributed by atoms with Crippen molar-refractivity contribution in [3.8, 4) is 0 Å². The van der Waals surface area contributed by atoms with Crippen LogP contribution < -0.4 is 5.32 Å². The van der Waals surface area contributed by atoms with E-state index in [1.165, 1.54) is 4.88 Å². The molecule has 1 N–H and O–H groups in total. The van der Waals surface area contributed by atoms with E-state index in [1.807, 2.05) is 11.3 Å². The van der Waals surface area contributed by atoms with Crippen molar-refractivity contribution in [3.63, 3.8) is 0 Å². The maximum atomic E-state index is 5.96. The Morgan fingerprint density at radius 2 is 2.28 bits per heavy atom. The van der Waals surface area contributed by atoms with E-state index in [0.717, 1.165) is 52.2 Å². The molecule has 0 unspecified atom stereocenters. The highest BCUT2D eigenvalue weighted by Gasteiger charge is 2.13. The minimum atomic E-state index is 0.478. The van der Waals surface area contributed by atoms with Gasteiger partial charge in [0.25, 0.3) is 0 Å². The third kappa shape index (κ3) is 4.69. The first kappa shape index (κ1) is 14.0. The Morgan fingerprint density at radius 1 is 1.44 bits per heavy atom. The molecule has 0 aliphatic carbocycles. The predicted octanol–water partition coefficient (Wildman–Crippen LogP) is 2.34. The summed E-state index contributed by atoms with van der Waals surface area (Å²) >= 11 is 1.84. The number of hydrogen-bond acceptors (Lipinski definition) is 4. The summed E-state index contributed by atoms with van der Waals surface area (Å²) in [6.45, 7) is 8.49. The van der Waals surface area contributed by atoms with E-state index in [4.69, 9.17) is 4.74 Å². The van der Waals surface area contributed by atoms with E-state index < -0.39 is 0 Å². The lowest BCUT2D eigenvalue weighted by atomic mass is 10.1. The molecule has 1 aliphatic rings. The molecule has 1 aromatic heterocycles. The van der Waals surface area contributed by atoms with Crippen molar-refractivity contribution in [3.05, 3.63) is 22.4 Å². The summed E-state index contributed by atoms with van der Waals surface area (Å²) in [5.74, 6) is 0. The van der Waals surface area contributed by atoms with Crippen molar-refractivity contribution in [2.75, 3.05) is 32.8 Å². The summed E-state index contributed by atoms with van der Waals surface area (Å²) in [5.41, 5.74) is 0. The predicted molar refractivity (Wildman–Crippen MR) is 77.1 cm³/mol. The Labute approximate surface area is 114 Å². The fourth-order valence-electron chi connectivity index (χ4n) is 2.28. The number of ether oxygens (including phenoxy) is 1. The molecule has 102 valence electrons. The first-order valence-corrected chi connectivity index (χ1v) is 7.83. The monoisotopic (exact) mass is 268 g/mol. The third-order valence-electron chi connectivity index (χ3n) is 3.45. The van der Waals surface area contributed by atoms with Crippen LogP contribution >= 0.6 is 11.3 Å². The zero-order chi connectivity index (χ0) is 12.6. The summed E-state index contributed by atoms with van der Waals surface area (Å²) in [6.07, 6.45) is 2.81. The molecule has 0 bridgehead atoms. The van der Waals surface area contributed by atoms with Gasteiger partial charge in [0, 0.05) is 18.0 Å². The van der Waals surface area contributed by atoms with Crippen LogP contribution in [-0.4, -0.2) is 43.8 Å². The fourth-order valence-corrected chi connectivity index (χ4v) is 3.03. The first-order valence-electron chi connectivity index (χ1n) is 6.95. The van der Waals surface area contributed by atoms with Gasteiger partial charge >= 0.3 is 0 Å². The van der Waals surface area contributed by atoms with Gasteiger partial charge in [0.2, 0.25) is 0 Å². The number of piperidine rings is 1. The molecule has 0 radical (unpaired) electrons. The first-order chi connectivity index (χ1) is 8.88. The largest absolute Gasteiger partial charge is 0.377 e. The molecule has 0 saturated carbocycles. The summed E-state index contributed by atoms with van der Waals surface area (Å²) < 4.78 is 5.96. The van der Waals surface area contributed by atoms with Crippen molar-refractivity contribution < 1.29 is 4.74 Å². The smallest absolute Gasteiger partial charge is 0.0600 e. The van der Waals surface area contributed by atoms with Crippen LogP contribution in [0.1, 0.15) is 24.6 Å². The molecule has 3 nitrogen and oxygen atoms in total. The quantitative estimate of drug-likeness (QED) is 0.821. The zero-order valence-electron chi connectivity index (χ0n) is 11.2. The number of nitrogens with one attached hydrogen (secondary N) is 1. The second kappa shape index (κ2) is 7.89. The van der Waals surface area contributed by atoms with Gasteiger partial charge in [-0.15, -0.1) is 11.3 Å². The summed E-state index contributed by atoms with van der Waals surface area (Å²) in [5, 5.41) is 5.51. The van der Waals surface area contributed by atoms with Gasteiger partial charge in [-0.05, 0) is 43.9 Å². The van der Waals surface area contributed by atoms with Gasteiger partial charge in [-0.3, -0.25) is 4.90 Å². The van der Waals surface area contributed by atoms with Crippen LogP contribution in [0.2, 0.25) is 0 Å². The lowest BCUT2D eigenvalue weighted by Gasteiger charge is -2.25. The highest BCUT2D eigenvalue weighted by molar-refractivity contribution is 7.09. The molecular weight excluding hydrogens is 244 g/mol. The molecule has 0 aromatic carbocycles. The number of likely N-dealkylation sites (N-methyl/N-ethyl adjacent to an activating group) is 1. The molecule has 0 spiro atoms. The molecule has 0 amide bonds. The average Bonchev–Trinajstić information content (AvgIpc) is 2.92. The summed E-state index contributed by atoms with van der Waals surface area (Å²) in [6, 6.07) is 4.33. The minimum absolute atomic E-state index is 0.478. The lowest BCUT2D eigenvalue weighted by Crippen LogP contribution is -2.34. The molecule has 18 heavy (non-hydrogen) atoms. The van der Waals surface area contributed by atoms with Crippen LogP contribution in [-0.2, 0) is 11.3 Å². The van der Waals surface area contributed by atoms with E-state index in [0.29, 0.717) is 6.10 Å². The molecule has 2 heterocycles. The van der Waals surface area contributed by atoms with Crippen molar-refractivity contribution in [1.82, 2.24) is 10.2 Å². The van der Waals surface area contributed by atoms with Gasteiger partial charge in [-0.2, -0.15) is 0 Å². The number of nitrogens with zero attached hydrogens (tertiary/aromatic N) is 1. The lowest BCUT2D eigenvalue weighted by molar-refractivity contribution is 0.0199. The van der Waals surface area contributed by atoms with Crippen LogP contribution in [0.3, 0.4) is 0 Å². The van der Waals surface area contributed by atoms with Crippen molar-refractivity contribution in [2.45, 2.75) is 32.4 Å². The van der Waals surface area contributed by atoms with Crippen LogP contribution in [0, 0.1) is 0 Å². The normalized spacial score (nSPS) is 17.4. The zero-order valence-corrected chi connectivity index (χ0v) is 12.0. The van der Waals surface area contributed by atoms with Crippen molar-refractivity contribution in [2.24, 2.45) is 0 Å². The van der Waals surface area contributed by atoms with Crippen molar-refractivity contribution >= 4 is 11.3 Å². The number of rotatable bonds is 7. The summed E-state index contributed by atoms with van der Waals surface area (Å²) in [7, 11) is 0. The SMILES string of the molecule is CCN(CCOC1CCNCC1)Cc1cccs1. The Kier molecular flexibility index (Phi) is 6.14. The van der Waals surface area contributed by atoms with Gasteiger partial charge in [-0.25, -0.2) is 0 Å². The number of thiophene rings is 1. The van der Waals surface area contributed by atoms with Crippen LogP contribution in [0.5, 0.6) is 0 Å². The molecular formula is C14H24N2OS. The van der Waals surface area contributed by atoms with Gasteiger partial charge in [0.1, 0.15) is 0 Å². The average molecular weight is 268 g/mol. The van der Waals surface area contributed by atoms with Gasteiger partial charge in [-0.1, -0.05) is 13.0 Å². The second-order valence-corrected chi connectivity index (χ2v) is 5.80. The maximum absolute atomic E-state index is 5.96. The Morgan fingerprint density at radius 3 is 2.94 bits per heavy atom. The standard InChI is InChI=1S/C14H24N2OS/c1-2-16(12-14-4-3-11-18-14)9-10-17-13-5-7-15-8-6-13/h3-4,11,13,15H,2,5-10,12H2,1H3. The van der Waals surface area contributed by atoms with Crippen molar-refractivity contribution in [1.29, 1.82) is 0 Å². The van der Waals surface area contributed by atoms with E-state index >= 15 is 0 Å². The molecule has 0 atom stereocenters. The van der Waals surface area contributed by atoms with Crippen LogP contribution in [0.15, 0.2) is 17.5 Å². The molecule has 1 aromatic rings. The van der Waals surface area contributed by atoms with Gasteiger partial charge in [0.05, 0.1) is 12.7 Å². The van der Waals surface area contributed by atoms with Gasteiger partial charge in [0.15, 0.2) is 0 Å². The van der Waals surface area contributed by atoms with Crippen LogP contribution in [0.4, 0.5) is 0 Å². The number of hydrogen-bond donors (Lipinski definition) is 1. The topological polar surface area (TPSA) is 24.5 Å².